The number of rotatable bonds is 12. The molecule has 0 saturated carbocycles. The predicted octanol–water partition coefficient (Wildman–Crippen LogP) is 8.44. The quantitative estimate of drug-likeness (QED) is 0.0657. The number of methoxy groups -OCH3 is 1. The first-order chi connectivity index (χ1) is 27.0. The third-order valence-electron chi connectivity index (χ3n) is 9.26. The summed E-state index contributed by atoms with van der Waals surface area (Å²) in [6.07, 6.45) is 2.11. The van der Waals surface area contributed by atoms with Gasteiger partial charge >= 0.3 is 5.97 Å². The number of hydrogen-bond donors (Lipinski definition) is 3. The zero-order valence-corrected chi connectivity index (χ0v) is 33.1. The van der Waals surface area contributed by atoms with Crippen LogP contribution in [0.2, 0.25) is 0 Å². The van der Waals surface area contributed by atoms with E-state index in [2.05, 4.69) is 29.8 Å². The molecule has 6 rings (SSSR count). The molecule has 2 heterocycles. The van der Waals surface area contributed by atoms with Gasteiger partial charge in [0, 0.05) is 34.5 Å². The Morgan fingerprint density at radius 1 is 0.839 bits per heavy atom. The van der Waals surface area contributed by atoms with Crippen molar-refractivity contribution < 1.29 is 28.7 Å². The van der Waals surface area contributed by atoms with E-state index in [9.17, 15) is 24.0 Å². The lowest BCUT2D eigenvalue weighted by Crippen LogP contribution is -2.33. The van der Waals surface area contributed by atoms with Crippen LogP contribution in [0.5, 0.6) is 0 Å². The van der Waals surface area contributed by atoms with Crippen molar-refractivity contribution >= 4 is 69.5 Å². The first-order valence-corrected chi connectivity index (χ1v) is 19.8. The van der Waals surface area contributed by atoms with Crippen molar-refractivity contribution in [2.24, 2.45) is 0 Å². The number of amides is 4. The number of benzene rings is 4. The highest BCUT2D eigenvalue weighted by atomic mass is 32.2. The molecule has 56 heavy (non-hydrogen) atoms. The van der Waals surface area contributed by atoms with Gasteiger partial charge in [0.1, 0.15) is 15.9 Å². The number of esters is 1. The molecule has 1 aromatic heterocycles. The Labute approximate surface area is 334 Å². The smallest absolute Gasteiger partial charge is 0.341 e. The van der Waals surface area contributed by atoms with Gasteiger partial charge in [0.2, 0.25) is 11.8 Å². The van der Waals surface area contributed by atoms with E-state index in [0.29, 0.717) is 52.1 Å². The van der Waals surface area contributed by atoms with Crippen molar-refractivity contribution in [3.63, 3.8) is 0 Å². The zero-order valence-electron chi connectivity index (χ0n) is 31.5. The van der Waals surface area contributed by atoms with Crippen molar-refractivity contribution in [3.05, 3.63) is 153 Å². The van der Waals surface area contributed by atoms with Crippen LogP contribution in [-0.2, 0) is 32.1 Å². The average molecular weight is 787 g/mol. The fourth-order valence-electron chi connectivity index (χ4n) is 6.22. The van der Waals surface area contributed by atoms with Crippen LogP contribution in [0.4, 0.5) is 10.7 Å². The van der Waals surface area contributed by atoms with Crippen LogP contribution in [0.1, 0.15) is 79.8 Å². The molecule has 3 N–H and O–H groups in total. The monoisotopic (exact) mass is 786 g/mol. The fraction of sp³-hybridized carbons (Fsp3) is 0.205. The van der Waals surface area contributed by atoms with Gasteiger partial charge in [0.15, 0.2) is 0 Å². The van der Waals surface area contributed by atoms with Crippen molar-refractivity contribution in [2.45, 2.75) is 49.8 Å². The molecule has 4 aromatic carbocycles. The minimum Gasteiger partial charge on any atom is -0.465 e. The summed E-state index contributed by atoms with van der Waals surface area (Å²) in [5.41, 5.74) is 4.63. The summed E-state index contributed by atoms with van der Waals surface area (Å²) in [5.74, 6) is -1.59. The summed E-state index contributed by atoms with van der Waals surface area (Å²) in [5, 5.41) is 8.34. The SMILES string of the molecule is COC(=O)c1c(NC(=O)C(Sc2cccc(NC(=O)/C(=C\c3ccc(C(C)C)cc3)NC(=O)c3ccccc3)c2)c2ccccc2)sc2c1CCN(C(C)=O)C2. The minimum atomic E-state index is -0.755. The Hall–Kier alpha value is -5.98. The van der Waals surface area contributed by atoms with Crippen LogP contribution in [0.3, 0.4) is 0 Å². The summed E-state index contributed by atoms with van der Waals surface area (Å²) < 4.78 is 5.12. The van der Waals surface area contributed by atoms with E-state index in [4.69, 9.17) is 4.74 Å². The average Bonchev–Trinajstić information content (AvgIpc) is 3.57. The van der Waals surface area contributed by atoms with E-state index >= 15 is 0 Å². The van der Waals surface area contributed by atoms with Crippen LogP contribution >= 0.6 is 23.1 Å². The molecule has 286 valence electrons. The van der Waals surface area contributed by atoms with Crippen LogP contribution in [0.15, 0.2) is 120 Å². The summed E-state index contributed by atoms with van der Waals surface area (Å²) in [6.45, 7) is 6.53. The zero-order chi connectivity index (χ0) is 39.8. The fourth-order valence-corrected chi connectivity index (χ4v) is 8.56. The molecule has 0 radical (unpaired) electrons. The number of fused-ring (bicyclic) bond motifs is 1. The molecule has 1 atom stereocenters. The molecule has 10 nitrogen and oxygen atoms in total. The predicted molar refractivity (Wildman–Crippen MR) is 222 cm³/mol. The van der Waals surface area contributed by atoms with Gasteiger partial charge in [0.25, 0.3) is 11.8 Å². The van der Waals surface area contributed by atoms with Crippen molar-refractivity contribution in [2.75, 3.05) is 24.3 Å². The van der Waals surface area contributed by atoms with Crippen LogP contribution in [0.25, 0.3) is 6.08 Å². The largest absolute Gasteiger partial charge is 0.465 e. The second-order valence-electron chi connectivity index (χ2n) is 13.5. The van der Waals surface area contributed by atoms with E-state index < -0.39 is 23.0 Å². The maximum atomic E-state index is 14.2. The van der Waals surface area contributed by atoms with Gasteiger partial charge in [-0.3, -0.25) is 19.2 Å². The second-order valence-corrected chi connectivity index (χ2v) is 15.8. The molecule has 1 aliphatic rings. The van der Waals surface area contributed by atoms with Gasteiger partial charge in [0.05, 0.1) is 19.2 Å². The number of carbonyl (C=O) groups is 5. The molecule has 0 fully saturated rings. The lowest BCUT2D eigenvalue weighted by Gasteiger charge is -2.25. The molecular weight excluding hydrogens is 745 g/mol. The Morgan fingerprint density at radius 2 is 1.54 bits per heavy atom. The summed E-state index contributed by atoms with van der Waals surface area (Å²) >= 11 is 2.55. The maximum Gasteiger partial charge on any atom is 0.341 e. The molecule has 12 heteroatoms. The standard InChI is InChI=1S/C44H42N4O6S2/c1-27(2)30-20-18-29(19-21-30)24-36(46-40(50)32-14-9-6-10-15-32)41(51)45-33-16-11-17-34(25-33)55-39(31-12-7-5-8-13-31)42(52)47-43-38(44(53)54-4)35-22-23-48(28(3)49)26-37(35)56-43/h5-21,24-25,27,39H,22-23,26H2,1-4H3,(H,45,51)(H,46,50)(H,47,52)/b36-24+. The lowest BCUT2D eigenvalue weighted by molar-refractivity contribution is -0.129. The highest BCUT2D eigenvalue weighted by Gasteiger charge is 2.32. The van der Waals surface area contributed by atoms with E-state index in [1.807, 2.05) is 66.7 Å². The van der Waals surface area contributed by atoms with Crippen LogP contribution in [-0.4, -0.2) is 48.2 Å². The third kappa shape index (κ3) is 9.63. The number of thiophene rings is 1. The van der Waals surface area contributed by atoms with Crippen molar-refractivity contribution in [3.8, 4) is 0 Å². The number of carbonyl (C=O) groups excluding carboxylic acids is 5. The minimum absolute atomic E-state index is 0.0576. The van der Waals surface area contributed by atoms with E-state index in [-0.39, 0.29) is 17.5 Å². The van der Waals surface area contributed by atoms with Gasteiger partial charge in [-0.15, -0.1) is 23.1 Å². The number of hydrogen-bond acceptors (Lipinski definition) is 8. The lowest BCUT2D eigenvalue weighted by atomic mass is 10.0. The topological polar surface area (TPSA) is 134 Å². The van der Waals surface area contributed by atoms with Gasteiger partial charge in [-0.1, -0.05) is 92.7 Å². The first-order valence-electron chi connectivity index (χ1n) is 18.1. The Kier molecular flexibility index (Phi) is 12.8. The molecule has 0 saturated heterocycles. The number of nitrogens with zero attached hydrogens (tertiary/aromatic N) is 1. The summed E-state index contributed by atoms with van der Waals surface area (Å²) in [4.78, 5) is 69.7. The second kappa shape index (κ2) is 18.1. The van der Waals surface area contributed by atoms with Gasteiger partial charge in [-0.05, 0) is 71.0 Å². The molecule has 4 amide bonds. The van der Waals surface area contributed by atoms with Gasteiger partial charge in [-0.25, -0.2) is 4.79 Å². The van der Waals surface area contributed by atoms with Crippen LogP contribution in [0, 0.1) is 0 Å². The molecule has 1 unspecified atom stereocenters. The maximum absolute atomic E-state index is 14.2. The molecule has 0 aliphatic carbocycles. The number of ether oxygens (including phenoxy) is 1. The molecule has 5 aromatic rings. The summed E-state index contributed by atoms with van der Waals surface area (Å²) in [6, 6.07) is 32.9. The Bertz CT molecular complexity index is 2270. The number of nitrogens with one attached hydrogen (secondary N) is 3. The Balaban J connectivity index is 1.25. The molecular formula is C44H42N4O6S2. The molecule has 1 aliphatic heterocycles. The van der Waals surface area contributed by atoms with Crippen molar-refractivity contribution in [1.29, 1.82) is 0 Å². The number of anilines is 2. The Morgan fingerprint density at radius 3 is 2.20 bits per heavy atom. The highest BCUT2D eigenvalue weighted by molar-refractivity contribution is 8.00. The van der Waals surface area contributed by atoms with E-state index in [1.165, 1.54) is 37.1 Å². The van der Waals surface area contributed by atoms with E-state index in [0.717, 1.165) is 27.1 Å². The van der Waals surface area contributed by atoms with Gasteiger partial charge < -0.3 is 25.6 Å². The number of thioether (sulfide) groups is 1. The molecule has 0 bridgehead atoms. The van der Waals surface area contributed by atoms with Gasteiger partial charge in [-0.2, -0.15) is 0 Å². The highest BCUT2D eigenvalue weighted by Crippen LogP contribution is 2.41. The third-order valence-corrected chi connectivity index (χ3v) is 11.6. The van der Waals surface area contributed by atoms with Crippen molar-refractivity contribution in [1.82, 2.24) is 10.2 Å². The normalized spacial score (nSPS) is 13.0. The van der Waals surface area contributed by atoms with E-state index in [1.54, 1.807) is 53.4 Å². The summed E-state index contributed by atoms with van der Waals surface area (Å²) in [7, 11) is 1.30. The first kappa shape index (κ1) is 39.7. The molecule has 0 spiro atoms. The van der Waals surface area contributed by atoms with Crippen LogP contribution < -0.4 is 16.0 Å².